The normalized spacial score (nSPS) is 16.5. The summed E-state index contributed by atoms with van der Waals surface area (Å²) in [7, 11) is 0. The smallest absolute Gasteiger partial charge is 0.223 e. The van der Waals surface area contributed by atoms with Gasteiger partial charge in [-0.05, 0) is 37.6 Å². The molecule has 1 saturated heterocycles. The lowest BCUT2D eigenvalue weighted by molar-refractivity contribution is -0.126. The molecule has 1 aliphatic heterocycles. The van der Waals surface area contributed by atoms with E-state index in [1.54, 1.807) is 0 Å². The van der Waals surface area contributed by atoms with Crippen molar-refractivity contribution < 1.29 is 9.53 Å². The molecule has 1 fully saturated rings. The minimum atomic E-state index is 0.0831. The van der Waals surface area contributed by atoms with E-state index >= 15 is 0 Å². The molecule has 0 spiro atoms. The number of aryl methyl sites for hydroxylation is 1. The van der Waals surface area contributed by atoms with Crippen molar-refractivity contribution in [2.45, 2.75) is 13.8 Å². The van der Waals surface area contributed by atoms with Gasteiger partial charge in [0.2, 0.25) is 5.91 Å². The first-order valence-corrected chi connectivity index (χ1v) is 6.85. The second-order valence-corrected chi connectivity index (χ2v) is 5.11. The summed E-state index contributed by atoms with van der Waals surface area (Å²) in [6, 6.07) is 7.89. The molecule has 2 N–H and O–H groups in total. The number of carbonyl (C=O) groups excluding carboxylic acids is 1. The number of hydrogen-bond donors (Lipinski definition) is 2. The van der Waals surface area contributed by atoms with Crippen LogP contribution in [0.1, 0.15) is 12.5 Å². The monoisotopic (exact) mass is 262 g/mol. The summed E-state index contributed by atoms with van der Waals surface area (Å²) < 4.78 is 5.64. The van der Waals surface area contributed by atoms with Gasteiger partial charge in [-0.2, -0.15) is 0 Å². The third kappa shape index (κ3) is 3.70. The van der Waals surface area contributed by atoms with E-state index in [1.165, 1.54) is 0 Å². The fraction of sp³-hybridized carbons (Fsp3) is 0.533. The summed E-state index contributed by atoms with van der Waals surface area (Å²) >= 11 is 0. The van der Waals surface area contributed by atoms with Gasteiger partial charge in [0.05, 0.1) is 6.54 Å². The summed E-state index contributed by atoms with van der Waals surface area (Å²) in [5.74, 6) is 1.57. The summed E-state index contributed by atoms with van der Waals surface area (Å²) in [6.07, 6.45) is 0. The van der Waals surface area contributed by atoms with Crippen LogP contribution in [0.2, 0.25) is 0 Å². The highest BCUT2D eigenvalue weighted by molar-refractivity contribution is 5.78. The van der Waals surface area contributed by atoms with Crippen LogP contribution in [0.3, 0.4) is 0 Å². The number of benzene rings is 1. The molecule has 19 heavy (non-hydrogen) atoms. The van der Waals surface area contributed by atoms with Crippen LogP contribution in [0.5, 0.6) is 5.75 Å². The van der Waals surface area contributed by atoms with E-state index in [-0.39, 0.29) is 11.8 Å². The van der Waals surface area contributed by atoms with Crippen LogP contribution in [0.25, 0.3) is 0 Å². The van der Waals surface area contributed by atoms with Crippen LogP contribution in [-0.2, 0) is 4.79 Å². The predicted octanol–water partition coefficient (Wildman–Crippen LogP) is 1.35. The van der Waals surface area contributed by atoms with Crippen molar-refractivity contribution in [2.24, 2.45) is 11.8 Å². The molecule has 2 rings (SSSR count). The average Bonchev–Trinajstić information content (AvgIpc) is 2.34. The number of para-hydroxylation sites is 1. The van der Waals surface area contributed by atoms with Crippen molar-refractivity contribution in [1.29, 1.82) is 0 Å². The number of carbonyl (C=O) groups is 1. The van der Waals surface area contributed by atoms with Crippen LogP contribution in [0.4, 0.5) is 0 Å². The minimum Gasteiger partial charge on any atom is -0.491 e. The summed E-state index contributed by atoms with van der Waals surface area (Å²) in [4.78, 5) is 11.9. The molecule has 0 aromatic heterocycles. The summed E-state index contributed by atoms with van der Waals surface area (Å²) in [5.41, 5.74) is 1.11. The third-order valence-electron chi connectivity index (χ3n) is 3.69. The number of ether oxygens (including phenoxy) is 1. The molecule has 0 saturated carbocycles. The molecule has 1 aromatic rings. The number of amides is 1. The second kappa shape index (κ2) is 6.57. The SMILES string of the molecule is Cc1ccccc1OCCNC(=O)C(C)C1CNC1. The molecule has 4 heteroatoms. The van der Waals surface area contributed by atoms with Crippen molar-refractivity contribution in [3.8, 4) is 5.75 Å². The zero-order valence-corrected chi connectivity index (χ0v) is 11.6. The maximum atomic E-state index is 11.9. The molecule has 1 unspecified atom stereocenters. The molecule has 4 nitrogen and oxygen atoms in total. The molecular weight excluding hydrogens is 240 g/mol. The summed E-state index contributed by atoms with van der Waals surface area (Å²) in [6.45, 7) is 6.97. The molecule has 104 valence electrons. The molecule has 0 radical (unpaired) electrons. The fourth-order valence-electron chi connectivity index (χ4n) is 2.09. The molecule has 1 aromatic carbocycles. The number of rotatable bonds is 6. The van der Waals surface area contributed by atoms with E-state index in [0.29, 0.717) is 19.1 Å². The maximum absolute atomic E-state index is 11.9. The maximum Gasteiger partial charge on any atom is 0.223 e. The van der Waals surface area contributed by atoms with E-state index in [4.69, 9.17) is 4.74 Å². The average molecular weight is 262 g/mol. The Balaban J connectivity index is 1.66. The quantitative estimate of drug-likeness (QED) is 0.761. The Kier molecular flexibility index (Phi) is 4.80. The predicted molar refractivity (Wildman–Crippen MR) is 75.2 cm³/mol. The zero-order chi connectivity index (χ0) is 13.7. The van der Waals surface area contributed by atoms with E-state index in [1.807, 2.05) is 38.1 Å². The fourth-order valence-corrected chi connectivity index (χ4v) is 2.09. The largest absolute Gasteiger partial charge is 0.491 e. The van der Waals surface area contributed by atoms with Crippen LogP contribution in [0, 0.1) is 18.8 Å². The molecule has 1 atom stereocenters. The van der Waals surface area contributed by atoms with E-state index in [0.717, 1.165) is 24.4 Å². The number of nitrogens with one attached hydrogen (secondary N) is 2. The van der Waals surface area contributed by atoms with Crippen molar-refractivity contribution in [3.63, 3.8) is 0 Å². The Labute approximate surface area is 114 Å². The Morgan fingerprint density at radius 2 is 2.21 bits per heavy atom. The van der Waals surface area contributed by atoms with E-state index < -0.39 is 0 Å². The van der Waals surface area contributed by atoms with Crippen LogP contribution in [0.15, 0.2) is 24.3 Å². The van der Waals surface area contributed by atoms with Gasteiger partial charge < -0.3 is 15.4 Å². The second-order valence-electron chi connectivity index (χ2n) is 5.11. The Morgan fingerprint density at radius 3 is 2.84 bits per heavy atom. The van der Waals surface area contributed by atoms with Crippen molar-refractivity contribution in [1.82, 2.24) is 10.6 Å². The third-order valence-corrected chi connectivity index (χ3v) is 3.69. The Hall–Kier alpha value is -1.55. The summed E-state index contributed by atoms with van der Waals surface area (Å²) in [5, 5.41) is 6.12. The number of hydrogen-bond acceptors (Lipinski definition) is 3. The topological polar surface area (TPSA) is 50.4 Å². The first-order chi connectivity index (χ1) is 9.18. The van der Waals surface area contributed by atoms with Gasteiger partial charge in [0.15, 0.2) is 0 Å². The van der Waals surface area contributed by atoms with Gasteiger partial charge in [-0.1, -0.05) is 25.1 Å². The van der Waals surface area contributed by atoms with E-state index in [9.17, 15) is 4.79 Å². The van der Waals surface area contributed by atoms with Gasteiger partial charge in [0.1, 0.15) is 12.4 Å². The van der Waals surface area contributed by atoms with Crippen LogP contribution >= 0.6 is 0 Å². The van der Waals surface area contributed by atoms with Gasteiger partial charge in [0.25, 0.3) is 0 Å². The first-order valence-electron chi connectivity index (χ1n) is 6.85. The molecule has 1 aliphatic rings. The lowest BCUT2D eigenvalue weighted by atomic mass is 9.88. The van der Waals surface area contributed by atoms with Gasteiger partial charge in [-0.25, -0.2) is 0 Å². The van der Waals surface area contributed by atoms with Crippen molar-refractivity contribution in [2.75, 3.05) is 26.2 Å². The van der Waals surface area contributed by atoms with Gasteiger partial charge in [-0.15, -0.1) is 0 Å². The van der Waals surface area contributed by atoms with Gasteiger partial charge in [-0.3, -0.25) is 4.79 Å². The highest BCUT2D eigenvalue weighted by atomic mass is 16.5. The highest BCUT2D eigenvalue weighted by Gasteiger charge is 2.28. The Morgan fingerprint density at radius 1 is 1.47 bits per heavy atom. The minimum absolute atomic E-state index is 0.0831. The first kappa shape index (κ1) is 13.9. The van der Waals surface area contributed by atoms with E-state index in [2.05, 4.69) is 10.6 Å². The highest BCUT2D eigenvalue weighted by Crippen LogP contribution is 2.16. The van der Waals surface area contributed by atoms with Crippen LogP contribution in [-0.4, -0.2) is 32.1 Å². The van der Waals surface area contributed by atoms with Gasteiger partial charge in [0, 0.05) is 5.92 Å². The lowest BCUT2D eigenvalue weighted by Crippen LogP contribution is -2.49. The molecular formula is C15H22N2O2. The van der Waals surface area contributed by atoms with Crippen molar-refractivity contribution >= 4 is 5.91 Å². The molecule has 1 heterocycles. The Bertz CT molecular complexity index is 430. The standard InChI is InChI=1S/C15H22N2O2/c1-11-5-3-4-6-14(11)19-8-7-17-15(18)12(2)13-9-16-10-13/h3-6,12-13,16H,7-10H2,1-2H3,(H,17,18). The molecule has 1 amide bonds. The van der Waals surface area contributed by atoms with Gasteiger partial charge >= 0.3 is 0 Å². The molecule has 0 bridgehead atoms. The van der Waals surface area contributed by atoms with Crippen molar-refractivity contribution in [3.05, 3.63) is 29.8 Å². The lowest BCUT2D eigenvalue weighted by Gasteiger charge is -2.31. The van der Waals surface area contributed by atoms with Crippen LogP contribution < -0.4 is 15.4 Å². The zero-order valence-electron chi connectivity index (χ0n) is 11.6. The molecule has 0 aliphatic carbocycles.